The molecule has 2 aromatic carbocycles. The fourth-order valence-corrected chi connectivity index (χ4v) is 4.64. The van der Waals surface area contributed by atoms with Crippen LogP contribution < -0.4 is 0 Å². The number of rotatable bonds is 4. The Morgan fingerprint density at radius 1 is 1.00 bits per heavy atom. The Bertz CT molecular complexity index is 709. The number of ether oxygens (including phenoxy) is 1. The topological polar surface area (TPSA) is 12.2 Å². The van der Waals surface area contributed by atoms with Crippen molar-refractivity contribution in [3.8, 4) is 0 Å². The second-order valence-corrected chi connectivity index (χ2v) is 6.94. The summed E-state index contributed by atoms with van der Waals surface area (Å²) < 4.78 is 8.95. The quantitative estimate of drug-likeness (QED) is 0.752. The van der Waals surface area contributed by atoms with Crippen LogP contribution in [0.4, 0.5) is 0 Å². The highest BCUT2D eigenvalue weighted by atomic mass is 16.5. The second-order valence-electron chi connectivity index (χ2n) is 6.94. The van der Waals surface area contributed by atoms with E-state index in [1.54, 1.807) is 0 Å². The van der Waals surface area contributed by atoms with Crippen LogP contribution in [0.15, 0.2) is 60.7 Å². The van der Waals surface area contributed by atoms with E-state index in [1.165, 1.54) is 17.5 Å². The molecule has 3 unspecified atom stereocenters. The van der Waals surface area contributed by atoms with Crippen molar-refractivity contribution in [3.63, 3.8) is 0 Å². The van der Waals surface area contributed by atoms with Gasteiger partial charge in [-0.3, -0.25) is 0 Å². The van der Waals surface area contributed by atoms with E-state index in [0.717, 1.165) is 26.0 Å². The molecular weight excluding hydrogens is 294 g/mol. The normalized spacial score (nSPS) is 29.1. The second kappa shape index (κ2) is 6.52. The zero-order valence-electron chi connectivity index (χ0n) is 14.4. The summed E-state index contributed by atoms with van der Waals surface area (Å²) in [5, 5.41) is 0. The minimum absolute atomic E-state index is 0.151. The van der Waals surface area contributed by atoms with Gasteiger partial charge in [0.2, 0.25) is 0 Å². The van der Waals surface area contributed by atoms with Crippen molar-refractivity contribution in [3.05, 3.63) is 71.8 Å². The predicted molar refractivity (Wildman–Crippen MR) is 97.8 cm³/mol. The molecule has 2 heteroatoms. The van der Waals surface area contributed by atoms with Gasteiger partial charge in [0, 0.05) is 12.8 Å². The van der Waals surface area contributed by atoms with Gasteiger partial charge in [-0.25, -0.2) is 4.58 Å². The highest BCUT2D eigenvalue weighted by Gasteiger charge is 2.56. The maximum Gasteiger partial charge on any atom is 0.273 e. The van der Waals surface area contributed by atoms with Gasteiger partial charge in [0.15, 0.2) is 0 Å². The predicted octanol–water partition coefficient (Wildman–Crippen LogP) is 4.57. The van der Waals surface area contributed by atoms with Crippen molar-refractivity contribution in [2.75, 3.05) is 13.2 Å². The molecule has 2 nitrogen and oxygen atoms in total. The van der Waals surface area contributed by atoms with Crippen molar-refractivity contribution in [1.82, 2.24) is 0 Å². The summed E-state index contributed by atoms with van der Waals surface area (Å²) >= 11 is 0. The van der Waals surface area contributed by atoms with Gasteiger partial charge in [-0.1, -0.05) is 60.7 Å². The molecule has 124 valence electrons. The molecule has 0 amide bonds. The first-order chi connectivity index (χ1) is 11.8. The van der Waals surface area contributed by atoms with Gasteiger partial charge in [-0.05, 0) is 24.5 Å². The lowest BCUT2D eigenvalue weighted by Crippen LogP contribution is -2.50. The number of hydrogen-bond acceptors (Lipinski definition) is 1. The minimum atomic E-state index is -0.151. The molecule has 3 atom stereocenters. The van der Waals surface area contributed by atoms with Gasteiger partial charge in [-0.15, -0.1) is 0 Å². The van der Waals surface area contributed by atoms with E-state index in [2.05, 4.69) is 78.4 Å². The standard InChI is InChI=1S/C22H26NO/c1-2-24-22-14-9-15-23(22)17-20(18-10-5-3-6-11-18)16-21(22)19-12-7-4-8-13-19/h3-8,10-13,17,20-21H,2,9,14-16H2,1H3/q+1. The molecule has 2 aromatic rings. The molecule has 2 aliphatic heterocycles. The smallest absolute Gasteiger partial charge is 0.273 e. The molecule has 0 N–H and O–H groups in total. The van der Waals surface area contributed by atoms with Crippen LogP contribution in [0, 0.1) is 0 Å². The van der Waals surface area contributed by atoms with Crippen LogP contribution in [0.25, 0.3) is 0 Å². The Balaban J connectivity index is 1.79. The third-order valence-electron chi connectivity index (χ3n) is 5.64. The summed E-state index contributed by atoms with van der Waals surface area (Å²) in [4.78, 5) is 0. The average Bonchev–Trinajstić information content (AvgIpc) is 3.06. The van der Waals surface area contributed by atoms with E-state index in [4.69, 9.17) is 4.74 Å². The van der Waals surface area contributed by atoms with E-state index in [9.17, 15) is 0 Å². The van der Waals surface area contributed by atoms with E-state index in [1.807, 2.05) is 0 Å². The van der Waals surface area contributed by atoms with Gasteiger partial charge >= 0.3 is 0 Å². The summed E-state index contributed by atoms with van der Waals surface area (Å²) in [6, 6.07) is 21.9. The summed E-state index contributed by atoms with van der Waals surface area (Å²) in [6.07, 6.45) is 5.89. The molecular formula is C22H26NO+. The zero-order chi connectivity index (χ0) is 16.4. The molecule has 24 heavy (non-hydrogen) atoms. The molecule has 0 bridgehead atoms. The summed E-state index contributed by atoms with van der Waals surface area (Å²) in [5.74, 6) is 0.874. The molecule has 2 aliphatic rings. The molecule has 0 aliphatic carbocycles. The highest BCUT2D eigenvalue weighted by Crippen LogP contribution is 2.47. The maximum atomic E-state index is 6.44. The Hall–Kier alpha value is -1.93. The molecule has 1 fully saturated rings. The fraction of sp³-hybridized carbons (Fsp3) is 0.409. The highest BCUT2D eigenvalue weighted by molar-refractivity contribution is 5.65. The van der Waals surface area contributed by atoms with Gasteiger partial charge in [0.1, 0.15) is 12.8 Å². The van der Waals surface area contributed by atoms with Crippen molar-refractivity contribution in [2.45, 2.75) is 43.7 Å². The van der Waals surface area contributed by atoms with Crippen molar-refractivity contribution in [1.29, 1.82) is 0 Å². The van der Waals surface area contributed by atoms with Gasteiger partial charge in [-0.2, -0.15) is 0 Å². The molecule has 2 heterocycles. The summed E-state index contributed by atoms with van der Waals surface area (Å²) in [6.45, 7) is 3.99. The lowest BCUT2D eigenvalue weighted by atomic mass is 9.76. The molecule has 0 spiro atoms. The van der Waals surface area contributed by atoms with Gasteiger partial charge in [0.25, 0.3) is 5.72 Å². The number of nitrogens with zero attached hydrogens (tertiary/aromatic N) is 1. The van der Waals surface area contributed by atoms with Crippen LogP contribution in [0.3, 0.4) is 0 Å². The fourth-order valence-electron chi connectivity index (χ4n) is 4.64. The SMILES string of the molecule is CCOC12CCC[N+]1=CC(c1ccccc1)CC2c1ccccc1. The van der Waals surface area contributed by atoms with Crippen LogP contribution in [0.2, 0.25) is 0 Å². The molecule has 0 aromatic heterocycles. The van der Waals surface area contributed by atoms with Crippen LogP contribution >= 0.6 is 0 Å². The molecule has 1 saturated heterocycles. The van der Waals surface area contributed by atoms with Crippen LogP contribution in [-0.2, 0) is 4.74 Å². The van der Waals surface area contributed by atoms with Crippen LogP contribution in [0.5, 0.6) is 0 Å². The van der Waals surface area contributed by atoms with Crippen molar-refractivity contribution < 1.29 is 9.31 Å². The number of fused-ring (bicyclic) bond motifs is 1. The van der Waals surface area contributed by atoms with Crippen molar-refractivity contribution in [2.24, 2.45) is 0 Å². The first kappa shape index (κ1) is 15.6. The number of benzene rings is 2. The first-order valence-electron chi connectivity index (χ1n) is 9.19. The Morgan fingerprint density at radius 3 is 2.33 bits per heavy atom. The third kappa shape index (κ3) is 2.59. The maximum absolute atomic E-state index is 6.44. The Kier molecular flexibility index (Phi) is 4.24. The summed E-state index contributed by atoms with van der Waals surface area (Å²) in [7, 11) is 0. The van der Waals surface area contributed by atoms with Crippen molar-refractivity contribution >= 4 is 6.21 Å². The first-order valence-corrected chi connectivity index (χ1v) is 9.19. The van der Waals surface area contributed by atoms with E-state index >= 15 is 0 Å². The zero-order valence-corrected chi connectivity index (χ0v) is 14.4. The Morgan fingerprint density at radius 2 is 1.67 bits per heavy atom. The number of hydrogen-bond donors (Lipinski definition) is 0. The van der Waals surface area contributed by atoms with Gasteiger partial charge < -0.3 is 4.74 Å². The molecule has 0 radical (unpaired) electrons. The van der Waals surface area contributed by atoms with E-state index in [0.29, 0.717) is 11.8 Å². The van der Waals surface area contributed by atoms with Crippen LogP contribution in [0.1, 0.15) is 49.1 Å². The van der Waals surface area contributed by atoms with E-state index in [-0.39, 0.29) is 5.72 Å². The lowest BCUT2D eigenvalue weighted by Gasteiger charge is -2.38. The minimum Gasteiger partial charge on any atom is -0.319 e. The average molecular weight is 320 g/mol. The lowest BCUT2D eigenvalue weighted by molar-refractivity contribution is -0.648. The molecule has 4 rings (SSSR count). The van der Waals surface area contributed by atoms with Crippen LogP contribution in [-0.4, -0.2) is 29.7 Å². The summed E-state index contributed by atoms with van der Waals surface area (Å²) in [5.41, 5.74) is 2.67. The third-order valence-corrected chi connectivity index (χ3v) is 5.64. The molecule has 0 saturated carbocycles. The Labute approximate surface area is 144 Å². The van der Waals surface area contributed by atoms with Gasteiger partial charge in [0.05, 0.1) is 18.4 Å². The van der Waals surface area contributed by atoms with E-state index < -0.39 is 0 Å². The largest absolute Gasteiger partial charge is 0.319 e. The monoisotopic (exact) mass is 320 g/mol.